The molecule has 1 heterocycles. The number of carbonyl (C=O) groups excluding carboxylic acids is 2. The van der Waals surface area contributed by atoms with Gasteiger partial charge in [0.2, 0.25) is 11.9 Å². The van der Waals surface area contributed by atoms with Crippen molar-refractivity contribution in [3.63, 3.8) is 0 Å². The first kappa shape index (κ1) is 29.6. The summed E-state index contributed by atoms with van der Waals surface area (Å²) in [6.07, 6.45) is -1.66. The number of carbonyl (C=O) groups is 3. The molecule has 3 rings (SSSR count). The molecule has 3 aromatic rings. The Balaban J connectivity index is 1.83. The van der Waals surface area contributed by atoms with Crippen LogP contribution in [0.1, 0.15) is 30.0 Å². The van der Waals surface area contributed by atoms with Crippen LogP contribution in [-0.4, -0.2) is 58.9 Å². The third kappa shape index (κ3) is 7.99. The zero-order valence-electron chi connectivity index (χ0n) is 21.4. The van der Waals surface area contributed by atoms with E-state index in [2.05, 4.69) is 10.6 Å². The largest absolute Gasteiger partial charge is 0.479 e. The molecule has 0 aliphatic carbocycles. The first-order chi connectivity index (χ1) is 18.5. The van der Waals surface area contributed by atoms with E-state index in [4.69, 9.17) is 31.3 Å². The van der Waals surface area contributed by atoms with Crippen molar-refractivity contribution < 1.29 is 37.9 Å². The van der Waals surface area contributed by atoms with E-state index in [0.717, 1.165) is 0 Å². The monoisotopic (exact) mass is 562 g/mol. The first-order valence-electron chi connectivity index (χ1n) is 11.8. The lowest BCUT2D eigenvalue weighted by molar-refractivity contribution is -0.167. The molecule has 0 spiro atoms. The summed E-state index contributed by atoms with van der Waals surface area (Å²) in [4.78, 5) is 37.1. The summed E-state index contributed by atoms with van der Waals surface area (Å²) >= 11 is 6.00. The number of nitrogens with zero attached hydrogens (tertiary/aromatic N) is 2. The van der Waals surface area contributed by atoms with Gasteiger partial charge in [0.05, 0.1) is 19.7 Å². The van der Waals surface area contributed by atoms with Gasteiger partial charge in [0.25, 0.3) is 5.88 Å². The number of hydrazine groups is 1. The second kappa shape index (κ2) is 13.2. The van der Waals surface area contributed by atoms with Crippen molar-refractivity contribution in [1.82, 2.24) is 15.6 Å². The minimum atomic E-state index is -1.66. The number of benzene rings is 2. The van der Waals surface area contributed by atoms with Crippen LogP contribution in [0.15, 0.2) is 53.1 Å². The lowest BCUT2D eigenvalue weighted by atomic mass is 10.0. The fourth-order valence-electron chi connectivity index (χ4n) is 3.40. The Morgan fingerprint density at radius 1 is 1.18 bits per heavy atom. The van der Waals surface area contributed by atoms with Crippen LogP contribution in [0.4, 0.5) is 4.39 Å². The quantitative estimate of drug-likeness (QED) is 0.221. The Bertz CT molecular complexity index is 1320. The normalized spacial score (nSPS) is 12.7. The van der Waals surface area contributed by atoms with Crippen molar-refractivity contribution in [2.75, 3.05) is 13.7 Å². The van der Waals surface area contributed by atoms with Crippen LogP contribution in [0.2, 0.25) is 5.02 Å². The van der Waals surface area contributed by atoms with Crippen LogP contribution < -0.4 is 15.9 Å². The van der Waals surface area contributed by atoms with Crippen molar-refractivity contribution >= 4 is 29.4 Å². The lowest BCUT2D eigenvalue weighted by Crippen LogP contribution is -2.50. The zero-order valence-corrected chi connectivity index (χ0v) is 22.1. The van der Waals surface area contributed by atoms with Gasteiger partial charge in [0.1, 0.15) is 11.9 Å². The highest BCUT2D eigenvalue weighted by Crippen LogP contribution is 2.26. The van der Waals surface area contributed by atoms with E-state index in [1.165, 1.54) is 36.4 Å². The molecule has 0 aliphatic heterocycles. The predicted octanol–water partition coefficient (Wildman–Crippen LogP) is 3.27. The molecule has 0 saturated carbocycles. The highest BCUT2D eigenvalue weighted by atomic mass is 35.5. The number of nitrogens with two attached hydrogens (primary N) is 1. The number of ether oxygens (including phenoxy) is 2. The maximum atomic E-state index is 14.3. The number of carboxylic acids is 1. The SMILES string of the molecule is COc1cc(C(=O)NN(Cc2ccc(-c3cc(Cl)ccc3F)cc2)C[C@@H](OC(=O)[C@@H](N)C(C)C)C(=O)O)on1. The molecule has 0 radical (unpaired) electrons. The van der Waals surface area contributed by atoms with Crippen molar-refractivity contribution in [2.24, 2.45) is 11.7 Å². The Morgan fingerprint density at radius 2 is 1.87 bits per heavy atom. The maximum Gasteiger partial charge on any atom is 0.346 e. The van der Waals surface area contributed by atoms with Crippen LogP contribution in [0.25, 0.3) is 11.1 Å². The topological polar surface area (TPSA) is 157 Å². The Kier molecular flexibility index (Phi) is 9.99. The molecule has 1 aromatic heterocycles. The average Bonchev–Trinajstić information content (AvgIpc) is 3.39. The summed E-state index contributed by atoms with van der Waals surface area (Å²) in [5.74, 6) is -3.95. The third-order valence-electron chi connectivity index (χ3n) is 5.66. The average molecular weight is 563 g/mol. The Labute approximate surface area is 228 Å². The second-order valence-electron chi connectivity index (χ2n) is 8.91. The molecule has 0 unspecified atom stereocenters. The molecule has 0 aliphatic rings. The van der Waals surface area contributed by atoms with Gasteiger partial charge in [-0.15, -0.1) is 0 Å². The van der Waals surface area contributed by atoms with Gasteiger partial charge in [-0.3, -0.25) is 15.0 Å². The van der Waals surface area contributed by atoms with Crippen LogP contribution in [0, 0.1) is 11.7 Å². The van der Waals surface area contributed by atoms with Gasteiger partial charge >= 0.3 is 17.8 Å². The van der Waals surface area contributed by atoms with Crippen LogP contribution in [-0.2, 0) is 20.9 Å². The number of halogens is 2. The van der Waals surface area contributed by atoms with E-state index >= 15 is 0 Å². The highest BCUT2D eigenvalue weighted by Gasteiger charge is 2.30. The maximum absolute atomic E-state index is 14.3. The summed E-state index contributed by atoms with van der Waals surface area (Å²) < 4.78 is 29.3. The molecule has 4 N–H and O–H groups in total. The summed E-state index contributed by atoms with van der Waals surface area (Å²) in [6.45, 7) is 2.93. The van der Waals surface area contributed by atoms with Crippen molar-refractivity contribution in [3.8, 4) is 17.0 Å². The van der Waals surface area contributed by atoms with E-state index < -0.39 is 42.4 Å². The smallest absolute Gasteiger partial charge is 0.346 e. The fourth-order valence-corrected chi connectivity index (χ4v) is 3.57. The summed E-state index contributed by atoms with van der Waals surface area (Å²) in [5.41, 5.74) is 9.81. The minimum Gasteiger partial charge on any atom is -0.479 e. The summed E-state index contributed by atoms with van der Waals surface area (Å²) in [6, 6.07) is 11.1. The number of rotatable bonds is 12. The van der Waals surface area contributed by atoms with Gasteiger partial charge in [-0.05, 0) is 40.4 Å². The van der Waals surface area contributed by atoms with Gasteiger partial charge in [-0.25, -0.2) is 14.2 Å². The van der Waals surface area contributed by atoms with Gasteiger partial charge in [0, 0.05) is 17.1 Å². The van der Waals surface area contributed by atoms with Crippen molar-refractivity contribution in [3.05, 3.63) is 70.7 Å². The van der Waals surface area contributed by atoms with Gasteiger partial charge in [-0.1, -0.05) is 49.7 Å². The van der Waals surface area contributed by atoms with Gasteiger partial charge in [0.15, 0.2) is 0 Å². The number of amides is 1. The molecule has 1 amide bonds. The summed E-state index contributed by atoms with van der Waals surface area (Å²) in [7, 11) is 1.35. The van der Waals surface area contributed by atoms with E-state index in [9.17, 15) is 23.9 Å². The van der Waals surface area contributed by atoms with Crippen molar-refractivity contribution in [2.45, 2.75) is 32.5 Å². The van der Waals surface area contributed by atoms with E-state index in [1.807, 2.05) is 0 Å². The van der Waals surface area contributed by atoms with Gasteiger partial charge in [-0.2, -0.15) is 0 Å². The number of hydrogen-bond acceptors (Lipinski definition) is 9. The van der Waals surface area contributed by atoms with Crippen LogP contribution >= 0.6 is 11.6 Å². The molecule has 13 heteroatoms. The van der Waals surface area contributed by atoms with E-state index in [1.54, 1.807) is 38.1 Å². The molecule has 0 saturated heterocycles. The zero-order chi connectivity index (χ0) is 28.7. The number of aromatic nitrogens is 1. The van der Waals surface area contributed by atoms with Gasteiger partial charge < -0.3 is 24.8 Å². The molecule has 208 valence electrons. The molecular formula is C26H28ClFN4O7. The minimum absolute atomic E-state index is 0.0209. The molecule has 11 nitrogen and oxygen atoms in total. The number of nitrogens with one attached hydrogen (secondary N) is 1. The standard InChI is InChI=1S/C26H28ClFN4O7/c1-14(2)23(29)26(36)38-21(25(34)35)13-32(30-24(33)20-11-22(37-3)31-39-20)12-15-4-6-16(7-5-15)18-10-17(27)8-9-19(18)28/h4-11,14,21,23H,12-13,29H2,1-3H3,(H,30,33)(H,34,35)/t21-,23+/m1/s1. The molecular weight excluding hydrogens is 535 g/mol. The van der Waals surface area contributed by atoms with E-state index in [-0.39, 0.29) is 24.1 Å². The van der Waals surface area contributed by atoms with Crippen LogP contribution in [0.5, 0.6) is 5.88 Å². The highest BCUT2D eigenvalue weighted by molar-refractivity contribution is 6.30. The van der Waals surface area contributed by atoms with Crippen LogP contribution in [0.3, 0.4) is 0 Å². The number of aliphatic carboxylic acids is 1. The number of hydrogen-bond donors (Lipinski definition) is 3. The third-order valence-corrected chi connectivity index (χ3v) is 5.89. The molecule has 0 fully saturated rings. The fraction of sp³-hybridized carbons (Fsp3) is 0.308. The second-order valence-corrected chi connectivity index (χ2v) is 9.35. The number of esters is 1. The lowest BCUT2D eigenvalue weighted by Gasteiger charge is -2.26. The number of methoxy groups -OCH3 is 1. The Hall–Kier alpha value is -4.00. The van der Waals surface area contributed by atoms with Crippen molar-refractivity contribution in [1.29, 1.82) is 0 Å². The van der Waals surface area contributed by atoms with E-state index in [0.29, 0.717) is 21.7 Å². The molecule has 2 aromatic carbocycles. The summed E-state index contributed by atoms with van der Waals surface area (Å²) in [5, 5.41) is 14.9. The molecule has 2 atom stereocenters. The first-order valence-corrected chi connectivity index (χ1v) is 12.2. The predicted molar refractivity (Wildman–Crippen MR) is 138 cm³/mol. The number of carboxylic acid groups (broad SMARTS) is 1. The molecule has 0 bridgehead atoms. The molecule has 39 heavy (non-hydrogen) atoms. The Morgan fingerprint density at radius 3 is 2.46 bits per heavy atom.